The van der Waals surface area contributed by atoms with Crippen molar-refractivity contribution in [2.24, 2.45) is 0 Å². The van der Waals surface area contributed by atoms with Gasteiger partial charge in [-0.1, -0.05) is 0 Å². The minimum absolute atomic E-state index is 0.0494. The summed E-state index contributed by atoms with van der Waals surface area (Å²) in [6, 6.07) is 8.12. The second-order valence-electron chi connectivity index (χ2n) is 4.54. The largest absolute Gasteiger partial charge is 0.399 e. The number of H-pyrrole nitrogens is 1. The highest BCUT2D eigenvalue weighted by molar-refractivity contribution is 7.84. The van der Waals surface area contributed by atoms with Crippen molar-refractivity contribution in [3.05, 3.63) is 53.6 Å². The highest BCUT2D eigenvalue weighted by atomic mass is 32.2. The number of nitrogens with two attached hydrogens (primary N) is 1. The van der Waals surface area contributed by atoms with Crippen molar-refractivity contribution in [3.8, 4) is 0 Å². The average Bonchev–Trinajstić information content (AvgIpc) is 2.86. The molecule has 3 rings (SSSR count). The summed E-state index contributed by atoms with van der Waals surface area (Å²) in [6.07, 6.45) is 0. The van der Waals surface area contributed by atoms with Gasteiger partial charge in [0.2, 0.25) is 0 Å². The number of nitrogen functional groups attached to an aromatic ring is 1. The molecule has 7 heteroatoms. The molecule has 0 radical (unpaired) electrons. The van der Waals surface area contributed by atoms with E-state index in [2.05, 4.69) is 9.97 Å². The number of imidazole rings is 1. The molecule has 0 spiro atoms. The van der Waals surface area contributed by atoms with Gasteiger partial charge in [0, 0.05) is 11.3 Å². The molecule has 3 N–H and O–H groups in total. The molecule has 0 aliphatic heterocycles. The van der Waals surface area contributed by atoms with E-state index in [4.69, 9.17) is 5.73 Å². The van der Waals surface area contributed by atoms with E-state index in [0.29, 0.717) is 16.7 Å². The Bertz CT molecular complexity index is 847. The summed E-state index contributed by atoms with van der Waals surface area (Å²) >= 11 is 0. The maximum Gasteiger partial charge on any atom is 0.197 e. The second-order valence-corrected chi connectivity index (χ2v) is 5.91. The summed E-state index contributed by atoms with van der Waals surface area (Å²) in [5, 5.41) is 0.208. The topological polar surface area (TPSA) is 71.8 Å². The van der Waals surface area contributed by atoms with Crippen LogP contribution in [0.1, 0.15) is 5.56 Å². The summed E-state index contributed by atoms with van der Waals surface area (Å²) in [7, 11) is -1.61. The Hall–Kier alpha value is -2.28. The molecule has 1 heterocycles. The van der Waals surface area contributed by atoms with Crippen LogP contribution in [-0.4, -0.2) is 14.2 Å². The summed E-state index contributed by atoms with van der Waals surface area (Å²) in [4.78, 5) is 7.06. The molecule has 1 unspecified atom stereocenters. The molecule has 1 aromatic heterocycles. The van der Waals surface area contributed by atoms with Gasteiger partial charge in [0.15, 0.2) is 5.16 Å². The number of halogens is 2. The summed E-state index contributed by atoms with van der Waals surface area (Å²) in [5.41, 5.74) is 7.53. The zero-order chi connectivity index (χ0) is 15.0. The Labute approximate surface area is 121 Å². The molecular formula is C14H11F2N3OS. The molecule has 1 atom stereocenters. The molecule has 108 valence electrons. The van der Waals surface area contributed by atoms with Gasteiger partial charge < -0.3 is 10.7 Å². The third kappa shape index (κ3) is 2.78. The fourth-order valence-electron chi connectivity index (χ4n) is 1.98. The van der Waals surface area contributed by atoms with Crippen LogP contribution in [-0.2, 0) is 16.6 Å². The zero-order valence-corrected chi connectivity index (χ0v) is 11.6. The van der Waals surface area contributed by atoms with Crippen molar-refractivity contribution in [2.45, 2.75) is 10.9 Å². The van der Waals surface area contributed by atoms with E-state index in [-0.39, 0.29) is 16.5 Å². The summed E-state index contributed by atoms with van der Waals surface area (Å²) in [6.45, 7) is 0. The fourth-order valence-corrected chi connectivity index (χ4v) is 3.04. The molecule has 0 saturated carbocycles. The van der Waals surface area contributed by atoms with E-state index in [1.807, 2.05) is 0 Å². The van der Waals surface area contributed by atoms with Gasteiger partial charge in [-0.05, 0) is 36.4 Å². The molecule has 0 aliphatic carbocycles. The van der Waals surface area contributed by atoms with Gasteiger partial charge in [-0.25, -0.2) is 13.8 Å². The first-order chi connectivity index (χ1) is 10.0. The molecule has 4 nitrogen and oxygen atoms in total. The molecule has 0 amide bonds. The Morgan fingerprint density at radius 2 is 2.00 bits per heavy atom. The summed E-state index contributed by atoms with van der Waals surface area (Å²) in [5.74, 6) is -1.32. The van der Waals surface area contributed by atoms with Crippen molar-refractivity contribution in [1.82, 2.24) is 9.97 Å². The third-order valence-corrected chi connectivity index (χ3v) is 4.19. The van der Waals surface area contributed by atoms with Crippen LogP contribution < -0.4 is 5.73 Å². The lowest BCUT2D eigenvalue weighted by molar-refractivity contribution is 0.590. The fraction of sp³-hybridized carbons (Fsp3) is 0.0714. The molecule has 2 aromatic carbocycles. The maximum atomic E-state index is 13.6. The van der Waals surface area contributed by atoms with Crippen LogP contribution in [0.3, 0.4) is 0 Å². The Morgan fingerprint density at radius 1 is 1.19 bits per heavy atom. The smallest absolute Gasteiger partial charge is 0.197 e. The second kappa shape index (κ2) is 5.25. The zero-order valence-electron chi connectivity index (χ0n) is 10.8. The monoisotopic (exact) mass is 307 g/mol. The van der Waals surface area contributed by atoms with Crippen LogP contribution in [0.2, 0.25) is 0 Å². The van der Waals surface area contributed by atoms with Crippen molar-refractivity contribution in [3.63, 3.8) is 0 Å². The van der Waals surface area contributed by atoms with Crippen molar-refractivity contribution in [2.75, 3.05) is 5.73 Å². The van der Waals surface area contributed by atoms with Gasteiger partial charge in [-0.15, -0.1) is 0 Å². The van der Waals surface area contributed by atoms with Crippen LogP contribution in [0.4, 0.5) is 14.5 Å². The van der Waals surface area contributed by atoms with Crippen molar-refractivity contribution in [1.29, 1.82) is 0 Å². The summed E-state index contributed by atoms with van der Waals surface area (Å²) < 4.78 is 38.9. The molecular weight excluding hydrogens is 296 g/mol. The molecule has 0 saturated heterocycles. The first kappa shape index (κ1) is 13.7. The molecule has 21 heavy (non-hydrogen) atoms. The predicted octanol–water partition coefficient (Wildman–Crippen LogP) is 2.73. The number of nitrogens with zero attached hydrogens (tertiary/aromatic N) is 1. The number of aromatic nitrogens is 2. The van der Waals surface area contributed by atoms with Crippen molar-refractivity contribution >= 4 is 27.5 Å². The number of anilines is 1. The maximum absolute atomic E-state index is 13.6. The number of hydrogen-bond donors (Lipinski definition) is 2. The number of rotatable bonds is 3. The van der Waals surface area contributed by atoms with Gasteiger partial charge in [-0.2, -0.15) is 0 Å². The molecule has 0 aliphatic rings. The first-order valence-corrected chi connectivity index (χ1v) is 7.42. The van der Waals surface area contributed by atoms with E-state index in [9.17, 15) is 13.0 Å². The predicted molar refractivity (Wildman–Crippen MR) is 77.0 cm³/mol. The van der Waals surface area contributed by atoms with Gasteiger partial charge in [0.05, 0.1) is 27.6 Å². The number of hydrogen-bond acceptors (Lipinski definition) is 3. The molecule has 3 aromatic rings. The first-order valence-electron chi connectivity index (χ1n) is 6.10. The number of nitrogens with one attached hydrogen (secondary N) is 1. The highest BCUT2D eigenvalue weighted by Crippen LogP contribution is 2.19. The van der Waals surface area contributed by atoms with Gasteiger partial charge in [0.25, 0.3) is 0 Å². The third-order valence-electron chi connectivity index (χ3n) is 2.99. The van der Waals surface area contributed by atoms with E-state index < -0.39 is 22.4 Å². The SMILES string of the molecule is Nc1ccc2nc(S(=O)Cc3cc(F)ccc3F)[nH]c2c1. The lowest BCUT2D eigenvalue weighted by atomic mass is 10.2. The number of aromatic amines is 1. The normalized spacial score (nSPS) is 12.7. The minimum atomic E-state index is -1.61. The van der Waals surface area contributed by atoms with Gasteiger partial charge in [-0.3, -0.25) is 4.21 Å². The Kier molecular flexibility index (Phi) is 3.42. The lowest BCUT2D eigenvalue weighted by Crippen LogP contribution is -2.01. The average molecular weight is 307 g/mol. The molecule has 0 bridgehead atoms. The van der Waals surface area contributed by atoms with Crippen LogP contribution in [0, 0.1) is 11.6 Å². The van der Waals surface area contributed by atoms with Crippen LogP contribution in [0.25, 0.3) is 11.0 Å². The van der Waals surface area contributed by atoms with E-state index in [0.717, 1.165) is 18.2 Å². The van der Waals surface area contributed by atoms with E-state index in [1.165, 1.54) is 0 Å². The van der Waals surface area contributed by atoms with Crippen molar-refractivity contribution < 1.29 is 13.0 Å². The van der Waals surface area contributed by atoms with Crippen LogP contribution in [0.5, 0.6) is 0 Å². The molecule has 0 fully saturated rings. The van der Waals surface area contributed by atoms with E-state index in [1.54, 1.807) is 18.2 Å². The highest BCUT2D eigenvalue weighted by Gasteiger charge is 2.14. The van der Waals surface area contributed by atoms with E-state index >= 15 is 0 Å². The number of benzene rings is 2. The Morgan fingerprint density at radius 3 is 2.81 bits per heavy atom. The number of fused-ring (bicyclic) bond motifs is 1. The van der Waals surface area contributed by atoms with Crippen LogP contribution in [0.15, 0.2) is 41.6 Å². The van der Waals surface area contributed by atoms with Gasteiger partial charge >= 0.3 is 0 Å². The quantitative estimate of drug-likeness (QED) is 0.731. The lowest BCUT2D eigenvalue weighted by Gasteiger charge is -2.01. The van der Waals surface area contributed by atoms with Gasteiger partial charge in [0.1, 0.15) is 11.6 Å². The standard InChI is InChI=1S/C14H11F2N3OS/c15-9-1-3-11(16)8(5-9)7-21(20)14-18-12-4-2-10(17)6-13(12)19-14/h1-6H,7,17H2,(H,18,19). The van der Waals surface area contributed by atoms with Crippen LogP contribution >= 0.6 is 0 Å². The minimum Gasteiger partial charge on any atom is -0.399 e. The Balaban J connectivity index is 1.91.